The van der Waals surface area contributed by atoms with Crippen molar-refractivity contribution in [3.05, 3.63) is 34.6 Å². The molecule has 6 heteroatoms. The number of hydrogen-bond acceptors (Lipinski definition) is 2. The summed E-state index contributed by atoms with van der Waals surface area (Å²) in [7, 11) is 0. The van der Waals surface area contributed by atoms with Gasteiger partial charge in [-0.2, -0.15) is 13.2 Å². The van der Waals surface area contributed by atoms with Gasteiger partial charge in [0.2, 0.25) is 0 Å². The third-order valence-corrected chi connectivity index (χ3v) is 3.69. The number of fused-ring (bicyclic) bond motifs is 3. The molecule has 0 radical (unpaired) electrons. The number of alkyl halides is 3. The molecule has 0 saturated carbocycles. The number of rotatable bonds is 0. The Labute approximate surface area is 107 Å². The molecule has 1 fully saturated rings. The summed E-state index contributed by atoms with van der Waals surface area (Å²) in [4.78, 5) is 0. The van der Waals surface area contributed by atoms with Gasteiger partial charge in [0.1, 0.15) is 5.82 Å². The van der Waals surface area contributed by atoms with E-state index in [1.54, 1.807) is 0 Å². The van der Waals surface area contributed by atoms with Gasteiger partial charge in [-0.15, -0.1) is 0 Å². The third kappa shape index (κ3) is 2.12. The van der Waals surface area contributed by atoms with Crippen molar-refractivity contribution in [1.82, 2.24) is 5.32 Å². The smallest absolute Gasteiger partial charge is 0.372 e. The zero-order valence-electron chi connectivity index (χ0n) is 10.2. The molecule has 1 aromatic rings. The van der Waals surface area contributed by atoms with Gasteiger partial charge < -0.3 is 10.1 Å². The largest absolute Gasteiger partial charge is 0.419 e. The fourth-order valence-corrected chi connectivity index (χ4v) is 2.86. The first-order valence-corrected chi connectivity index (χ1v) is 6.14. The van der Waals surface area contributed by atoms with Crippen LogP contribution in [0.3, 0.4) is 0 Å². The van der Waals surface area contributed by atoms with Crippen molar-refractivity contribution < 1.29 is 22.3 Å². The van der Waals surface area contributed by atoms with E-state index in [1.165, 1.54) is 0 Å². The lowest BCUT2D eigenvalue weighted by atomic mass is 10.0. The van der Waals surface area contributed by atoms with Crippen LogP contribution in [-0.2, 0) is 17.3 Å². The molecule has 1 aliphatic carbocycles. The van der Waals surface area contributed by atoms with Crippen LogP contribution < -0.4 is 5.32 Å². The van der Waals surface area contributed by atoms with Crippen LogP contribution in [0.4, 0.5) is 17.6 Å². The lowest BCUT2D eigenvalue weighted by Crippen LogP contribution is -2.44. The molecule has 0 bridgehead atoms. The molecular weight excluding hydrogens is 262 g/mol. The predicted octanol–water partition coefficient (Wildman–Crippen LogP) is 2.82. The number of benzene rings is 1. The Bertz CT molecular complexity index is 514. The molecule has 0 spiro atoms. The van der Waals surface area contributed by atoms with Crippen molar-refractivity contribution in [3.8, 4) is 0 Å². The lowest BCUT2D eigenvalue weighted by molar-refractivity contribution is -0.140. The average Bonchev–Trinajstić information content (AvgIpc) is 2.63. The maximum Gasteiger partial charge on any atom is 0.419 e. The highest BCUT2D eigenvalue weighted by Crippen LogP contribution is 2.40. The Morgan fingerprint density at radius 1 is 1.32 bits per heavy atom. The van der Waals surface area contributed by atoms with Gasteiger partial charge in [-0.1, -0.05) is 0 Å². The fourth-order valence-electron chi connectivity index (χ4n) is 2.86. The Morgan fingerprint density at radius 3 is 2.74 bits per heavy atom. The topological polar surface area (TPSA) is 21.3 Å². The molecule has 19 heavy (non-hydrogen) atoms. The monoisotopic (exact) mass is 275 g/mol. The van der Waals surface area contributed by atoms with E-state index in [0.29, 0.717) is 24.1 Å². The quantitative estimate of drug-likeness (QED) is 0.735. The highest BCUT2D eigenvalue weighted by atomic mass is 19.4. The zero-order valence-corrected chi connectivity index (χ0v) is 10.2. The Kier molecular flexibility index (Phi) is 2.83. The Morgan fingerprint density at radius 2 is 2.05 bits per heavy atom. The number of nitrogens with one attached hydrogen (secondary N) is 1. The van der Waals surface area contributed by atoms with E-state index in [2.05, 4.69) is 5.32 Å². The van der Waals surface area contributed by atoms with Crippen LogP contribution in [0, 0.1) is 5.82 Å². The first kappa shape index (κ1) is 12.9. The molecule has 1 heterocycles. The van der Waals surface area contributed by atoms with Crippen LogP contribution in [0.25, 0.3) is 0 Å². The Balaban J connectivity index is 2.00. The van der Waals surface area contributed by atoms with Gasteiger partial charge in [-0.05, 0) is 30.2 Å². The molecule has 1 N–H and O–H groups in total. The molecule has 104 valence electrons. The van der Waals surface area contributed by atoms with Gasteiger partial charge in [0.25, 0.3) is 0 Å². The molecule has 1 saturated heterocycles. The predicted molar refractivity (Wildman–Crippen MR) is 60.2 cm³/mol. The summed E-state index contributed by atoms with van der Waals surface area (Å²) >= 11 is 0. The van der Waals surface area contributed by atoms with E-state index in [0.717, 1.165) is 12.1 Å². The van der Waals surface area contributed by atoms with Crippen LogP contribution in [-0.4, -0.2) is 18.8 Å². The molecular formula is C13H13F4NO. The summed E-state index contributed by atoms with van der Waals surface area (Å²) in [5.41, 5.74) is -0.0920. The molecule has 1 aromatic carbocycles. The molecule has 0 aromatic heterocycles. The Hall–Kier alpha value is -1.14. The molecule has 1 aliphatic heterocycles. The number of ether oxygens (including phenoxy) is 1. The first-order chi connectivity index (χ1) is 8.86. The van der Waals surface area contributed by atoms with E-state index >= 15 is 0 Å². The maximum atomic E-state index is 13.6. The third-order valence-electron chi connectivity index (χ3n) is 3.69. The minimum absolute atomic E-state index is 0.0162. The van der Waals surface area contributed by atoms with Crippen molar-refractivity contribution >= 4 is 0 Å². The number of hydrogen-bond donors (Lipinski definition) is 1. The highest BCUT2D eigenvalue weighted by Gasteiger charge is 2.41. The second-order valence-corrected chi connectivity index (χ2v) is 5.10. The first-order valence-electron chi connectivity index (χ1n) is 6.14. The van der Waals surface area contributed by atoms with Crippen LogP contribution >= 0.6 is 0 Å². The van der Waals surface area contributed by atoms with E-state index in [9.17, 15) is 17.6 Å². The zero-order chi connectivity index (χ0) is 13.8. The van der Waals surface area contributed by atoms with Gasteiger partial charge in [-0.3, -0.25) is 0 Å². The SMILES string of the molecule is CC1CNC2c3cc(F)c(C(F)(F)F)cc3CC2O1. The van der Waals surface area contributed by atoms with Crippen molar-refractivity contribution in [2.75, 3.05) is 6.54 Å². The van der Waals surface area contributed by atoms with Crippen LogP contribution in [0.5, 0.6) is 0 Å². The molecule has 3 rings (SSSR count). The van der Waals surface area contributed by atoms with E-state index < -0.39 is 17.6 Å². The van der Waals surface area contributed by atoms with Crippen molar-refractivity contribution in [2.24, 2.45) is 0 Å². The number of halogens is 4. The minimum Gasteiger partial charge on any atom is -0.372 e. The van der Waals surface area contributed by atoms with Gasteiger partial charge in [0.15, 0.2) is 0 Å². The van der Waals surface area contributed by atoms with Crippen LogP contribution in [0.15, 0.2) is 12.1 Å². The fraction of sp³-hybridized carbons (Fsp3) is 0.538. The normalized spacial score (nSPS) is 30.1. The minimum atomic E-state index is -4.66. The lowest BCUT2D eigenvalue weighted by Gasteiger charge is -2.32. The molecule has 3 unspecified atom stereocenters. The van der Waals surface area contributed by atoms with Crippen molar-refractivity contribution in [2.45, 2.75) is 37.8 Å². The summed E-state index contributed by atoms with van der Waals surface area (Å²) in [6.45, 7) is 2.51. The van der Waals surface area contributed by atoms with Crippen LogP contribution in [0.1, 0.15) is 29.7 Å². The summed E-state index contributed by atoms with van der Waals surface area (Å²) < 4.78 is 57.3. The van der Waals surface area contributed by atoms with Gasteiger partial charge in [0.05, 0.1) is 23.8 Å². The van der Waals surface area contributed by atoms with Crippen molar-refractivity contribution in [3.63, 3.8) is 0 Å². The van der Waals surface area contributed by atoms with Gasteiger partial charge in [0, 0.05) is 13.0 Å². The second-order valence-electron chi connectivity index (χ2n) is 5.10. The molecule has 0 amide bonds. The summed E-state index contributed by atoms with van der Waals surface area (Å²) in [5, 5.41) is 3.20. The number of morpholine rings is 1. The van der Waals surface area contributed by atoms with Gasteiger partial charge >= 0.3 is 6.18 Å². The second kappa shape index (κ2) is 4.18. The highest BCUT2D eigenvalue weighted by molar-refractivity contribution is 5.41. The van der Waals surface area contributed by atoms with Crippen molar-refractivity contribution in [1.29, 1.82) is 0 Å². The summed E-state index contributed by atoms with van der Waals surface area (Å²) in [6, 6.07) is 1.71. The summed E-state index contributed by atoms with van der Waals surface area (Å²) in [5.74, 6) is -1.22. The van der Waals surface area contributed by atoms with E-state index in [4.69, 9.17) is 4.74 Å². The standard InChI is InChI=1S/C13H13F4NO/c1-6-5-18-12-8-4-10(14)9(13(15,16)17)2-7(8)3-11(12)19-6/h2,4,6,11-12,18H,3,5H2,1H3. The average molecular weight is 275 g/mol. The van der Waals surface area contributed by atoms with E-state index in [-0.39, 0.29) is 18.2 Å². The summed E-state index contributed by atoms with van der Waals surface area (Å²) in [6.07, 6.45) is -4.46. The molecule has 2 nitrogen and oxygen atoms in total. The van der Waals surface area contributed by atoms with Crippen LogP contribution in [0.2, 0.25) is 0 Å². The molecule has 2 aliphatic rings. The van der Waals surface area contributed by atoms with E-state index in [1.807, 2.05) is 6.92 Å². The molecule has 3 atom stereocenters. The van der Waals surface area contributed by atoms with Gasteiger partial charge in [-0.25, -0.2) is 4.39 Å². The maximum absolute atomic E-state index is 13.6.